The van der Waals surface area contributed by atoms with Crippen molar-refractivity contribution in [1.82, 2.24) is 5.32 Å². The molecule has 6 nitrogen and oxygen atoms in total. The summed E-state index contributed by atoms with van der Waals surface area (Å²) in [6.45, 7) is 0.269. The third kappa shape index (κ3) is 4.31. The first kappa shape index (κ1) is 19.8. The lowest BCUT2D eigenvalue weighted by Gasteiger charge is -2.27. The minimum Gasteiger partial charge on any atom is -0.496 e. The van der Waals surface area contributed by atoms with Crippen LogP contribution < -0.4 is 15.8 Å². The summed E-state index contributed by atoms with van der Waals surface area (Å²) in [5, 5.41) is 2.55. The van der Waals surface area contributed by atoms with E-state index in [1.54, 1.807) is 6.07 Å². The Bertz CT molecular complexity index is 861. The lowest BCUT2D eigenvalue weighted by Crippen LogP contribution is -2.50. The Kier molecular flexibility index (Phi) is 5.94. The van der Waals surface area contributed by atoms with E-state index >= 15 is 0 Å². The Hall–Kier alpha value is -2.93. The first-order chi connectivity index (χ1) is 13.4. The van der Waals surface area contributed by atoms with Gasteiger partial charge in [0, 0.05) is 18.6 Å². The van der Waals surface area contributed by atoms with Crippen LogP contribution in [0, 0.1) is 5.82 Å². The second-order valence-corrected chi connectivity index (χ2v) is 6.81. The highest BCUT2D eigenvalue weighted by Crippen LogP contribution is 2.33. The summed E-state index contributed by atoms with van der Waals surface area (Å²) in [6, 6.07) is 11.8. The average molecular weight is 386 g/mol. The Morgan fingerprint density at radius 1 is 1.25 bits per heavy atom. The number of ether oxygens (including phenoxy) is 2. The molecule has 3 rings (SSSR count). The van der Waals surface area contributed by atoms with Gasteiger partial charge in [-0.3, -0.25) is 9.59 Å². The molecule has 2 aromatic rings. The quantitative estimate of drug-likeness (QED) is 0.763. The van der Waals surface area contributed by atoms with Gasteiger partial charge in [-0.2, -0.15) is 0 Å². The number of carbonyl (C=O) groups is 2. The van der Waals surface area contributed by atoms with Crippen LogP contribution in [-0.2, 0) is 20.7 Å². The zero-order valence-corrected chi connectivity index (χ0v) is 15.7. The molecule has 0 spiro atoms. The Balaban J connectivity index is 1.80. The topological polar surface area (TPSA) is 90.6 Å². The van der Waals surface area contributed by atoms with E-state index in [0.29, 0.717) is 30.8 Å². The van der Waals surface area contributed by atoms with Crippen LogP contribution in [0.4, 0.5) is 4.39 Å². The largest absolute Gasteiger partial charge is 0.496 e. The average Bonchev–Trinajstić information content (AvgIpc) is 3.16. The van der Waals surface area contributed by atoms with Crippen LogP contribution in [0.2, 0.25) is 0 Å². The summed E-state index contributed by atoms with van der Waals surface area (Å²) in [4.78, 5) is 23.5. The number of methoxy groups -OCH3 is 1. The SMILES string of the molecule is COc1ccc(F)cc1-c1ccc(CC2(C(=O)NCC(N)=O)CCCO2)cc1. The van der Waals surface area contributed by atoms with Crippen LogP contribution in [0.3, 0.4) is 0 Å². The molecule has 0 radical (unpaired) electrons. The van der Waals surface area contributed by atoms with Gasteiger partial charge < -0.3 is 20.5 Å². The van der Waals surface area contributed by atoms with Crippen molar-refractivity contribution in [2.75, 3.05) is 20.3 Å². The van der Waals surface area contributed by atoms with Crippen molar-refractivity contribution in [3.8, 4) is 16.9 Å². The van der Waals surface area contributed by atoms with Gasteiger partial charge in [0.25, 0.3) is 5.91 Å². The van der Waals surface area contributed by atoms with Crippen molar-refractivity contribution in [3.05, 3.63) is 53.8 Å². The molecule has 0 saturated carbocycles. The van der Waals surface area contributed by atoms with Gasteiger partial charge in [0.1, 0.15) is 11.6 Å². The maximum Gasteiger partial charge on any atom is 0.253 e. The lowest BCUT2D eigenvalue weighted by atomic mass is 9.89. The van der Waals surface area contributed by atoms with Gasteiger partial charge in [0.15, 0.2) is 5.60 Å². The smallest absolute Gasteiger partial charge is 0.253 e. The second kappa shape index (κ2) is 8.39. The maximum absolute atomic E-state index is 13.6. The molecule has 28 heavy (non-hydrogen) atoms. The number of nitrogens with two attached hydrogens (primary N) is 1. The zero-order chi connectivity index (χ0) is 20.1. The summed E-state index contributed by atoms with van der Waals surface area (Å²) in [5.41, 5.74) is 6.46. The van der Waals surface area contributed by atoms with E-state index in [2.05, 4.69) is 5.32 Å². The first-order valence-corrected chi connectivity index (χ1v) is 9.07. The predicted molar refractivity (Wildman–Crippen MR) is 102 cm³/mol. The first-order valence-electron chi connectivity index (χ1n) is 9.07. The van der Waals surface area contributed by atoms with Crippen LogP contribution in [0.1, 0.15) is 18.4 Å². The van der Waals surface area contributed by atoms with Gasteiger partial charge in [0.2, 0.25) is 5.91 Å². The molecule has 1 aliphatic heterocycles. The molecule has 1 heterocycles. The van der Waals surface area contributed by atoms with E-state index in [9.17, 15) is 14.0 Å². The molecule has 1 fully saturated rings. The fourth-order valence-corrected chi connectivity index (χ4v) is 3.46. The monoisotopic (exact) mass is 386 g/mol. The van der Waals surface area contributed by atoms with E-state index in [0.717, 1.165) is 17.5 Å². The van der Waals surface area contributed by atoms with Crippen molar-refractivity contribution >= 4 is 11.8 Å². The van der Waals surface area contributed by atoms with E-state index in [4.69, 9.17) is 15.2 Å². The van der Waals surface area contributed by atoms with Crippen LogP contribution in [0.5, 0.6) is 5.75 Å². The molecule has 1 saturated heterocycles. The number of nitrogens with one attached hydrogen (secondary N) is 1. The van der Waals surface area contributed by atoms with E-state index < -0.39 is 11.5 Å². The Morgan fingerprint density at radius 2 is 2.00 bits per heavy atom. The molecular formula is C21H23FN2O4. The van der Waals surface area contributed by atoms with Crippen molar-refractivity contribution in [2.24, 2.45) is 5.73 Å². The molecule has 1 aliphatic rings. The summed E-state index contributed by atoms with van der Waals surface area (Å²) in [5.74, 6) is -0.700. The lowest BCUT2D eigenvalue weighted by molar-refractivity contribution is -0.142. The highest BCUT2D eigenvalue weighted by Gasteiger charge is 2.42. The fraction of sp³-hybridized carbons (Fsp3) is 0.333. The number of hydrogen-bond donors (Lipinski definition) is 2. The molecule has 0 bridgehead atoms. The highest BCUT2D eigenvalue weighted by molar-refractivity contribution is 5.89. The summed E-state index contributed by atoms with van der Waals surface area (Å²) in [6.07, 6.45) is 1.71. The van der Waals surface area contributed by atoms with Crippen molar-refractivity contribution < 1.29 is 23.5 Å². The minimum atomic E-state index is -1.01. The molecule has 2 amide bonds. The maximum atomic E-state index is 13.6. The molecular weight excluding hydrogens is 363 g/mol. The van der Waals surface area contributed by atoms with E-state index in [1.807, 2.05) is 24.3 Å². The number of amides is 2. The van der Waals surface area contributed by atoms with Crippen LogP contribution in [0.25, 0.3) is 11.1 Å². The standard InChI is InChI=1S/C21H23FN2O4/c1-27-18-8-7-16(22)11-17(18)15-5-3-14(4-6-15)12-21(9-2-10-28-21)20(26)24-13-19(23)25/h3-8,11H,2,9-10,12-13H2,1H3,(H2,23,25)(H,24,26). The van der Waals surface area contributed by atoms with E-state index in [1.165, 1.54) is 19.2 Å². The summed E-state index contributed by atoms with van der Waals surface area (Å²) >= 11 is 0. The van der Waals surface area contributed by atoms with Crippen molar-refractivity contribution in [3.63, 3.8) is 0 Å². The molecule has 148 valence electrons. The molecule has 0 aliphatic carbocycles. The van der Waals surface area contributed by atoms with Gasteiger partial charge in [0.05, 0.1) is 13.7 Å². The highest BCUT2D eigenvalue weighted by atomic mass is 19.1. The van der Waals surface area contributed by atoms with Crippen molar-refractivity contribution in [2.45, 2.75) is 24.9 Å². The van der Waals surface area contributed by atoms with Gasteiger partial charge in [-0.15, -0.1) is 0 Å². The molecule has 0 aromatic heterocycles. The fourth-order valence-electron chi connectivity index (χ4n) is 3.46. The van der Waals surface area contributed by atoms with Gasteiger partial charge >= 0.3 is 0 Å². The Labute approximate surface area is 162 Å². The summed E-state index contributed by atoms with van der Waals surface area (Å²) < 4.78 is 24.7. The van der Waals surface area contributed by atoms with Crippen LogP contribution in [-0.4, -0.2) is 37.7 Å². The number of hydrogen-bond acceptors (Lipinski definition) is 4. The molecule has 7 heteroatoms. The number of primary amides is 1. The molecule has 3 N–H and O–H groups in total. The Morgan fingerprint density at radius 3 is 2.61 bits per heavy atom. The summed E-state index contributed by atoms with van der Waals surface area (Å²) in [7, 11) is 1.54. The normalized spacial score (nSPS) is 18.6. The molecule has 1 atom stereocenters. The predicted octanol–water partition coefficient (Wildman–Crippen LogP) is 2.19. The number of halogens is 1. The number of benzene rings is 2. The van der Waals surface area contributed by atoms with Crippen LogP contribution >= 0.6 is 0 Å². The van der Waals surface area contributed by atoms with E-state index in [-0.39, 0.29) is 18.3 Å². The van der Waals surface area contributed by atoms with Crippen molar-refractivity contribution in [1.29, 1.82) is 0 Å². The third-order valence-electron chi connectivity index (χ3n) is 4.86. The van der Waals surface area contributed by atoms with Crippen LogP contribution in [0.15, 0.2) is 42.5 Å². The second-order valence-electron chi connectivity index (χ2n) is 6.81. The number of carbonyl (C=O) groups excluding carboxylic acids is 2. The zero-order valence-electron chi connectivity index (χ0n) is 15.7. The van der Waals surface area contributed by atoms with Gasteiger partial charge in [-0.25, -0.2) is 4.39 Å². The molecule has 1 unspecified atom stereocenters. The van der Waals surface area contributed by atoms with Gasteiger partial charge in [-0.1, -0.05) is 24.3 Å². The van der Waals surface area contributed by atoms with Gasteiger partial charge in [-0.05, 0) is 42.2 Å². The minimum absolute atomic E-state index is 0.220. The number of rotatable bonds is 7. The molecule has 2 aromatic carbocycles. The third-order valence-corrected chi connectivity index (χ3v) is 4.86.